The highest BCUT2D eigenvalue weighted by molar-refractivity contribution is 7.80. The van der Waals surface area contributed by atoms with E-state index >= 15 is 0 Å². The summed E-state index contributed by atoms with van der Waals surface area (Å²) in [5, 5.41) is 11.5. The van der Waals surface area contributed by atoms with Gasteiger partial charge in [-0.15, -0.1) is 0 Å². The van der Waals surface area contributed by atoms with Gasteiger partial charge in [0.05, 0.1) is 18.4 Å². The van der Waals surface area contributed by atoms with Crippen LogP contribution in [0.1, 0.15) is 37.7 Å². The minimum Gasteiger partial charge on any atom is -0.360 e. The van der Waals surface area contributed by atoms with Crippen molar-refractivity contribution in [3.63, 3.8) is 0 Å². The first-order valence-electron chi connectivity index (χ1n) is 8.03. The molecule has 0 saturated heterocycles. The molecule has 1 fully saturated rings. The lowest BCUT2D eigenvalue weighted by Gasteiger charge is -2.24. The molecule has 3 rings (SSSR count). The number of hydrogen-bond donors (Lipinski definition) is 2. The molecule has 4 nitrogen and oxygen atoms in total. The second-order valence-electron chi connectivity index (χ2n) is 5.99. The Bertz CT molecular complexity index is 664. The van der Waals surface area contributed by atoms with Crippen LogP contribution in [-0.4, -0.2) is 20.9 Å². The van der Waals surface area contributed by atoms with Gasteiger partial charge in [-0.2, -0.15) is 5.10 Å². The SMILES string of the molecule is Fc1cccc(Cn2cc(NC(=S)NC3CCCCC3)cn2)c1. The van der Waals surface area contributed by atoms with Crippen molar-refractivity contribution in [1.82, 2.24) is 15.1 Å². The Hall–Kier alpha value is -1.95. The summed E-state index contributed by atoms with van der Waals surface area (Å²) in [5.41, 5.74) is 1.72. The van der Waals surface area contributed by atoms with Crippen LogP contribution in [0.15, 0.2) is 36.7 Å². The Labute approximate surface area is 141 Å². The summed E-state index contributed by atoms with van der Waals surface area (Å²) in [6.07, 6.45) is 9.83. The summed E-state index contributed by atoms with van der Waals surface area (Å²) >= 11 is 5.36. The fourth-order valence-electron chi connectivity index (χ4n) is 2.94. The highest BCUT2D eigenvalue weighted by Crippen LogP contribution is 2.17. The van der Waals surface area contributed by atoms with Crippen LogP contribution < -0.4 is 10.6 Å². The van der Waals surface area contributed by atoms with Crippen LogP contribution in [0.5, 0.6) is 0 Å². The third-order valence-corrected chi connectivity index (χ3v) is 4.29. The number of halogens is 1. The van der Waals surface area contributed by atoms with Gasteiger partial charge < -0.3 is 10.6 Å². The highest BCUT2D eigenvalue weighted by Gasteiger charge is 2.14. The minimum absolute atomic E-state index is 0.231. The van der Waals surface area contributed by atoms with Crippen LogP contribution >= 0.6 is 12.2 Å². The number of thiocarbonyl (C=S) groups is 1. The average Bonchev–Trinajstić information content (AvgIpc) is 2.95. The van der Waals surface area contributed by atoms with Crippen LogP contribution in [0.2, 0.25) is 0 Å². The van der Waals surface area contributed by atoms with Crippen molar-refractivity contribution in [3.8, 4) is 0 Å². The van der Waals surface area contributed by atoms with Crippen LogP contribution in [0.3, 0.4) is 0 Å². The van der Waals surface area contributed by atoms with Crippen LogP contribution in [0.25, 0.3) is 0 Å². The first kappa shape index (κ1) is 15.9. The van der Waals surface area contributed by atoms with E-state index in [4.69, 9.17) is 12.2 Å². The summed E-state index contributed by atoms with van der Waals surface area (Å²) in [6, 6.07) is 7.02. The molecule has 122 valence electrons. The molecule has 0 spiro atoms. The van der Waals surface area contributed by atoms with E-state index in [9.17, 15) is 4.39 Å². The van der Waals surface area contributed by atoms with E-state index < -0.39 is 0 Å². The lowest BCUT2D eigenvalue weighted by Crippen LogP contribution is -2.38. The predicted molar refractivity (Wildman–Crippen MR) is 94.0 cm³/mol. The maximum atomic E-state index is 13.2. The van der Waals surface area contributed by atoms with E-state index in [1.54, 1.807) is 16.9 Å². The van der Waals surface area contributed by atoms with E-state index in [0.29, 0.717) is 17.7 Å². The molecule has 1 aromatic heterocycles. The topological polar surface area (TPSA) is 41.9 Å². The van der Waals surface area contributed by atoms with Crippen molar-refractivity contribution < 1.29 is 4.39 Å². The molecule has 2 aromatic rings. The Balaban J connectivity index is 1.53. The van der Waals surface area contributed by atoms with Crippen LogP contribution in [0.4, 0.5) is 10.1 Å². The molecule has 1 saturated carbocycles. The molecule has 6 heteroatoms. The molecule has 0 radical (unpaired) electrons. The molecule has 23 heavy (non-hydrogen) atoms. The first-order chi connectivity index (χ1) is 11.2. The van der Waals surface area contributed by atoms with E-state index in [2.05, 4.69) is 15.7 Å². The minimum atomic E-state index is -0.231. The third kappa shape index (κ3) is 4.76. The number of nitrogens with zero attached hydrogens (tertiary/aromatic N) is 2. The van der Waals surface area contributed by atoms with E-state index in [1.807, 2.05) is 12.3 Å². The zero-order valence-corrected chi connectivity index (χ0v) is 13.8. The zero-order chi connectivity index (χ0) is 16.1. The molecule has 0 amide bonds. The van der Waals surface area contributed by atoms with E-state index in [1.165, 1.54) is 44.2 Å². The molecule has 1 aromatic carbocycles. The lowest BCUT2D eigenvalue weighted by molar-refractivity contribution is 0.415. The smallest absolute Gasteiger partial charge is 0.171 e. The molecule has 0 atom stereocenters. The Morgan fingerprint density at radius 3 is 2.91 bits per heavy atom. The van der Waals surface area contributed by atoms with Crippen molar-refractivity contribution in [2.75, 3.05) is 5.32 Å². The van der Waals surface area contributed by atoms with Gasteiger partial charge >= 0.3 is 0 Å². The fourth-order valence-corrected chi connectivity index (χ4v) is 3.22. The standard InChI is InChI=1S/C17H21FN4S/c18-14-6-4-5-13(9-14)11-22-12-16(10-19-22)21-17(23)20-15-7-2-1-3-8-15/h4-6,9-10,12,15H,1-3,7-8,11H2,(H2,20,21,23). The molecule has 2 N–H and O–H groups in total. The molecule has 1 aliphatic carbocycles. The molecule has 0 unspecified atom stereocenters. The van der Waals surface area contributed by atoms with Gasteiger partial charge in [0.2, 0.25) is 0 Å². The number of hydrogen-bond acceptors (Lipinski definition) is 2. The Morgan fingerprint density at radius 2 is 2.13 bits per heavy atom. The summed E-state index contributed by atoms with van der Waals surface area (Å²) in [6.45, 7) is 0.530. The molecular weight excluding hydrogens is 311 g/mol. The third-order valence-electron chi connectivity index (χ3n) is 4.07. The number of benzene rings is 1. The predicted octanol–water partition coefficient (Wildman–Crippen LogP) is 3.69. The number of aromatic nitrogens is 2. The second-order valence-corrected chi connectivity index (χ2v) is 6.40. The zero-order valence-electron chi connectivity index (χ0n) is 13.0. The molecule has 0 aliphatic heterocycles. The summed E-state index contributed by atoms with van der Waals surface area (Å²) in [7, 11) is 0. The van der Waals surface area contributed by atoms with Crippen molar-refractivity contribution in [2.45, 2.75) is 44.7 Å². The molecule has 1 aliphatic rings. The van der Waals surface area contributed by atoms with Gasteiger partial charge in [-0.25, -0.2) is 4.39 Å². The lowest BCUT2D eigenvalue weighted by atomic mass is 9.96. The average molecular weight is 332 g/mol. The van der Waals surface area contributed by atoms with Gasteiger partial charge in [0.1, 0.15) is 5.82 Å². The summed E-state index contributed by atoms with van der Waals surface area (Å²) < 4.78 is 15.0. The number of anilines is 1. The normalized spacial score (nSPS) is 15.3. The van der Waals surface area contributed by atoms with Crippen molar-refractivity contribution in [3.05, 3.63) is 48.0 Å². The fraction of sp³-hybridized carbons (Fsp3) is 0.412. The van der Waals surface area contributed by atoms with Gasteiger partial charge in [-0.1, -0.05) is 31.4 Å². The van der Waals surface area contributed by atoms with Crippen LogP contribution in [0, 0.1) is 5.82 Å². The Kier molecular flexibility index (Phi) is 5.23. The molecule has 0 bridgehead atoms. The maximum Gasteiger partial charge on any atom is 0.171 e. The van der Waals surface area contributed by atoms with Crippen molar-refractivity contribution in [1.29, 1.82) is 0 Å². The number of nitrogens with one attached hydrogen (secondary N) is 2. The van der Waals surface area contributed by atoms with Crippen LogP contribution in [-0.2, 0) is 6.54 Å². The largest absolute Gasteiger partial charge is 0.360 e. The van der Waals surface area contributed by atoms with E-state index in [0.717, 1.165) is 11.3 Å². The number of rotatable bonds is 4. The highest BCUT2D eigenvalue weighted by atomic mass is 32.1. The van der Waals surface area contributed by atoms with Gasteiger partial charge in [0.15, 0.2) is 5.11 Å². The quantitative estimate of drug-likeness (QED) is 0.838. The van der Waals surface area contributed by atoms with Gasteiger partial charge in [-0.3, -0.25) is 4.68 Å². The van der Waals surface area contributed by atoms with Crippen molar-refractivity contribution in [2.24, 2.45) is 0 Å². The van der Waals surface area contributed by atoms with Gasteiger partial charge in [-0.05, 0) is 42.8 Å². The van der Waals surface area contributed by atoms with E-state index in [-0.39, 0.29) is 5.82 Å². The molecule has 1 heterocycles. The van der Waals surface area contributed by atoms with Gasteiger partial charge in [0, 0.05) is 12.2 Å². The Morgan fingerprint density at radius 1 is 1.30 bits per heavy atom. The first-order valence-corrected chi connectivity index (χ1v) is 8.44. The van der Waals surface area contributed by atoms with Gasteiger partial charge in [0.25, 0.3) is 0 Å². The second kappa shape index (κ2) is 7.55. The molecular formula is C17H21FN4S. The summed E-state index contributed by atoms with van der Waals surface area (Å²) in [4.78, 5) is 0. The monoisotopic (exact) mass is 332 g/mol. The summed E-state index contributed by atoms with van der Waals surface area (Å²) in [5.74, 6) is -0.231. The maximum absolute atomic E-state index is 13.2. The van der Waals surface area contributed by atoms with Crippen molar-refractivity contribution >= 4 is 23.0 Å².